The van der Waals surface area contributed by atoms with Crippen LogP contribution in [-0.4, -0.2) is 5.78 Å². The van der Waals surface area contributed by atoms with Gasteiger partial charge in [0.25, 0.3) is 0 Å². The highest BCUT2D eigenvalue weighted by Gasteiger charge is 2.02. The second-order valence-electron chi connectivity index (χ2n) is 4.27. The molecule has 0 aliphatic rings. The second kappa shape index (κ2) is 5.21. The zero-order valence-electron chi connectivity index (χ0n) is 10.2. The van der Waals surface area contributed by atoms with Crippen LogP contribution in [0.4, 0.5) is 0 Å². The molecule has 0 aliphatic heterocycles. The van der Waals surface area contributed by atoms with Crippen LogP contribution in [0, 0.1) is 0 Å². The Hall–Kier alpha value is -2.19. The Morgan fingerprint density at radius 1 is 0.947 bits per heavy atom. The molecule has 0 N–H and O–H groups in total. The number of hydrogen-bond acceptors (Lipinski definition) is 2. The Kier molecular flexibility index (Phi) is 3.25. The van der Waals surface area contributed by atoms with E-state index in [9.17, 15) is 4.79 Å². The van der Waals surface area contributed by atoms with Gasteiger partial charge in [-0.05, 0) is 40.4 Å². The number of carbonyl (C=O) groups is 1. The molecule has 0 fully saturated rings. The van der Waals surface area contributed by atoms with Crippen molar-refractivity contribution in [3.05, 3.63) is 76.5 Å². The van der Waals surface area contributed by atoms with E-state index >= 15 is 0 Å². The summed E-state index contributed by atoms with van der Waals surface area (Å²) in [4.78, 5) is 13.2. The molecule has 0 aliphatic carbocycles. The lowest BCUT2D eigenvalue weighted by atomic mass is 10.0. The van der Waals surface area contributed by atoms with Gasteiger partial charge in [-0.2, -0.15) is 0 Å². The van der Waals surface area contributed by atoms with Crippen LogP contribution >= 0.6 is 11.3 Å². The molecule has 92 valence electrons. The third-order valence-electron chi connectivity index (χ3n) is 2.98. The smallest absolute Gasteiger partial charge is 0.185 e. The molecule has 1 aromatic heterocycles. The van der Waals surface area contributed by atoms with Gasteiger partial charge in [0.05, 0.1) is 0 Å². The van der Waals surface area contributed by atoms with E-state index in [0.717, 1.165) is 21.2 Å². The summed E-state index contributed by atoms with van der Waals surface area (Å²) in [6, 6.07) is 17.8. The van der Waals surface area contributed by atoms with E-state index in [1.165, 1.54) is 0 Å². The van der Waals surface area contributed by atoms with E-state index in [1.54, 1.807) is 17.4 Å². The number of allylic oxidation sites excluding steroid dienone is 1. The predicted molar refractivity (Wildman–Crippen MR) is 81.6 cm³/mol. The van der Waals surface area contributed by atoms with Crippen molar-refractivity contribution >= 4 is 34.0 Å². The van der Waals surface area contributed by atoms with Crippen molar-refractivity contribution in [2.24, 2.45) is 0 Å². The topological polar surface area (TPSA) is 17.1 Å². The van der Waals surface area contributed by atoms with Crippen molar-refractivity contribution in [3.63, 3.8) is 0 Å². The van der Waals surface area contributed by atoms with Gasteiger partial charge in [-0.1, -0.05) is 42.5 Å². The summed E-state index contributed by atoms with van der Waals surface area (Å²) >= 11 is 1.62. The van der Waals surface area contributed by atoms with Gasteiger partial charge in [-0.15, -0.1) is 11.3 Å². The predicted octanol–water partition coefficient (Wildman–Crippen LogP) is 4.80. The SMILES string of the molecule is O=C(/C=C/c1cccs1)c1ccc2ccccc2c1. The summed E-state index contributed by atoms with van der Waals surface area (Å²) in [7, 11) is 0. The van der Waals surface area contributed by atoms with Crippen LogP contribution in [0.2, 0.25) is 0 Å². The quantitative estimate of drug-likeness (QED) is 0.490. The Morgan fingerprint density at radius 3 is 2.58 bits per heavy atom. The number of thiophene rings is 1. The Labute approximate surface area is 115 Å². The number of carbonyl (C=O) groups excluding carboxylic acids is 1. The minimum Gasteiger partial charge on any atom is -0.289 e. The van der Waals surface area contributed by atoms with Crippen LogP contribution in [0.25, 0.3) is 16.8 Å². The van der Waals surface area contributed by atoms with Crippen molar-refractivity contribution in [1.82, 2.24) is 0 Å². The van der Waals surface area contributed by atoms with Crippen molar-refractivity contribution in [2.45, 2.75) is 0 Å². The first kappa shape index (κ1) is 11.9. The highest BCUT2D eigenvalue weighted by molar-refractivity contribution is 7.10. The summed E-state index contributed by atoms with van der Waals surface area (Å²) in [5.41, 5.74) is 0.728. The molecular formula is C17H12OS. The number of benzene rings is 2. The molecular weight excluding hydrogens is 252 g/mol. The highest BCUT2D eigenvalue weighted by atomic mass is 32.1. The minimum atomic E-state index is 0.0409. The number of ketones is 1. The summed E-state index contributed by atoms with van der Waals surface area (Å²) < 4.78 is 0. The maximum absolute atomic E-state index is 12.1. The number of rotatable bonds is 3. The fourth-order valence-electron chi connectivity index (χ4n) is 1.98. The molecule has 1 nitrogen and oxygen atoms in total. The zero-order chi connectivity index (χ0) is 13.1. The van der Waals surface area contributed by atoms with E-state index in [1.807, 2.05) is 66.1 Å². The fraction of sp³-hybridized carbons (Fsp3) is 0. The van der Waals surface area contributed by atoms with Crippen molar-refractivity contribution < 1.29 is 4.79 Å². The second-order valence-corrected chi connectivity index (χ2v) is 5.25. The van der Waals surface area contributed by atoms with E-state index < -0.39 is 0 Å². The largest absolute Gasteiger partial charge is 0.289 e. The van der Waals surface area contributed by atoms with Gasteiger partial charge in [0.2, 0.25) is 0 Å². The molecule has 0 amide bonds. The maximum atomic E-state index is 12.1. The van der Waals surface area contributed by atoms with Gasteiger partial charge in [0.1, 0.15) is 0 Å². The summed E-state index contributed by atoms with van der Waals surface area (Å²) in [6.07, 6.45) is 3.50. The minimum absolute atomic E-state index is 0.0409. The summed E-state index contributed by atoms with van der Waals surface area (Å²) in [5, 5.41) is 4.25. The first-order chi connectivity index (χ1) is 9.33. The molecule has 0 bridgehead atoms. The average molecular weight is 264 g/mol. The first-order valence-corrected chi connectivity index (χ1v) is 6.96. The van der Waals surface area contributed by atoms with Crippen LogP contribution in [0.5, 0.6) is 0 Å². The summed E-state index contributed by atoms with van der Waals surface area (Å²) in [5.74, 6) is 0.0409. The van der Waals surface area contributed by atoms with E-state index in [0.29, 0.717) is 0 Å². The van der Waals surface area contributed by atoms with Crippen molar-refractivity contribution in [3.8, 4) is 0 Å². The Balaban J connectivity index is 1.89. The zero-order valence-corrected chi connectivity index (χ0v) is 11.1. The molecule has 0 saturated carbocycles. The Morgan fingerprint density at radius 2 is 1.79 bits per heavy atom. The van der Waals surface area contributed by atoms with Gasteiger partial charge in [-0.3, -0.25) is 4.79 Å². The molecule has 0 atom stereocenters. The fourth-order valence-corrected chi connectivity index (χ4v) is 2.60. The van der Waals surface area contributed by atoms with E-state index in [4.69, 9.17) is 0 Å². The molecule has 0 spiro atoms. The van der Waals surface area contributed by atoms with Gasteiger partial charge >= 0.3 is 0 Å². The lowest BCUT2D eigenvalue weighted by Crippen LogP contribution is -1.93. The molecule has 0 radical (unpaired) electrons. The Bertz CT molecular complexity index is 739. The molecule has 0 unspecified atom stereocenters. The molecule has 1 heterocycles. The lowest BCUT2D eigenvalue weighted by molar-refractivity contribution is 0.104. The standard InChI is InChI=1S/C17H12OS/c18-17(10-9-16-6-3-11-19-16)15-8-7-13-4-1-2-5-14(13)12-15/h1-12H/b10-9+. The first-order valence-electron chi connectivity index (χ1n) is 6.08. The third-order valence-corrected chi connectivity index (χ3v) is 3.81. The van der Waals surface area contributed by atoms with Crippen molar-refractivity contribution in [1.29, 1.82) is 0 Å². The molecule has 3 rings (SSSR count). The van der Waals surface area contributed by atoms with Gasteiger partial charge in [-0.25, -0.2) is 0 Å². The molecule has 3 aromatic rings. The van der Waals surface area contributed by atoms with Crippen molar-refractivity contribution in [2.75, 3.05) is 0 Å². The number of fused-ring (bicyclic) bond motifs is 1. The summed E-state index contributed by atoms with van der Waals surface area (Å²) in [6.45, 7) is 0. The maximum Gasteiger partial charge on any atom is 0.185 e. The third kappa shape index (κ3) is 2.64. The van der Waals surface area contributed by atoms with Gasteiger partial charge in [0, 0.05) is 10.4 Å². The van der Waals surface area contributed by atoms with Gasteiger partial charge in [0.15, 0.2) is 5.78 Å². The highest BCUT2D eigenvalue weighted by Crippen LogP contribution is 2.17. The molecule has 0 saturated heterocycles. The molecule has 2 aromatic carbocycles. The number of hydrogen-bond donors (Lipinski definition) is 0. The normalized spacial score (nSPS) is 11.2. The van der Waals surface area contributed by atoms with Crippen LogP contribution in [0.3, 0.4) is 0 Å². The van der Waals surface area contributed by atoms with E-state index in [-0.39, 0.29) is 5.78 Å². The van der Waals surface area contributed by atoms with E-state index in [2.05, 4.69) is 0 Å². The van der Waals surface area contributed by atoms with Crippen LogP contribution in [-0.2, 0) is 0 Å². The average Bonchev–Trinajstić information content (AvgIpc) is 2.97. The van der Waals surface area contributed by atoms with Crippen LogP contribution in [0.15, 0.2) is 66.1 Å². The lowest BCUT2D eigenvalue weighted by Gasteiger charge is -2.00. The van der Waals surface area contributed by atoms with Crippen LogP contribution < -0.4 is 0 Å². The molecule has 19 heavy (non-hydrogen) atoms. The molecule has 2 heteroatoms. The monoisotopic (exact) mass is 264 g/mol. The van der Waals surface area contributed by atoms with Crippen LogP contribution in [0.1, 0.15) is 15.2 Å². The van der Waals surface area contributed by atoms with Gasteiger partial charge < -0.3 is 0 Å².